The molecule has 0 bridgehead atoms. The largest absolute Gasteiger partial charge is 0.359 e. The molecule has 1 aliphatic heterocycles. The molecule has 0 fully saturated rings. The average molecular weight is 373 g/mol. The van der Waals surface area contributed by atoms with Gasteiger partial charge in [-0.3, -0.25) is 0 Å². The summed E-state index contributed by atoms with van der Waals surface area (Å²) in [7, 11) is 0. The highest BCUT2D eigenvalue weighted by Crippen LogP contribution is 2.13. The number of nitrogens with zero attached hydrogens (tertiary/aromatic N) is 2. The van der Waals surface area contributed by atoms with Crippen molar-refractivity contribution in [2.75, 3.05) is 25.1 Å². The Morgan fingerprint density at radius 3 is 1.64 bits per heavy atom. The van der Waals surface area contributed by atoms with E-state index in [0.717, 1.165) is 18.5 Å². The Morgan fingerprint density at radius 2 is 1.14 bits per heavy atom. The van der Waals surface area contributed by atoms with Gasteiger partial charge in [-0.15, -0.1) is 0 Å². The fourth-order valence-electron chi connectivity index (χ4n) is 3.07. The molecule has 0 aromatic carbocycles. The third kappa shape index (κ3) is 10.5. The topological polar surface area (TPSA) is 6.48 Å². The van der Waals surface area contributed by atoms with E-state index < -0.39 is 0 Å². The van der Waals surface area contributed by atoms with Gasteiger partial charge in [0.25, 0.3) is 0 Å². The molecule has 0 saturated heterocycles. The van der Waals surface area contributed by atoms with Crippen molar-refractivity contribution in [3.63, 3.8) is 0 Å². The second-order valence-electron chi connectivity index (χ2n) is 6.64. The second-order valence-corrected chi connectivity index (χ2v) is 7.44. The van der Waals surface area contributed by atoms with Crippen LogP contribution in [0, 0.1) is 0 Å². The van der Waals surface area contributed by atoms with Crippen LogP contribution >= 0.6 is 15.9 Å². The van der Waals surface area contributed by atoms with Gasteiger partial charge in [0.15, 0.2) is 0 Å². The summed E-state index contributed by atoms with van der Waals surface area (Å²) < 4.78 is 0. The van der Waals surface area contributed by atoms with Crippen molar-refractivity contribution >= 4 is 15.9 Å². The van der Waals surface area contributed by atoms with Crippen LogP contribution in [0.1, 0.15) is 84.0 Å². The molecule has 0 atom stereocenters. The predicted molar refractivity (Wildman–Crippen MR) is 102 cm³/mol. The van der Waals surface area contributed by atoms with Gasteiger partial charge in [-0.1, -0.05) is 93.5 Å². The van der Waals surface area contributed by atoms with Crippen molar-refractivity contribution in [2.24, 2.45) is 0 Å². The molecule has 0 aliphatic carbocycles. The van der Waals surface area contributed by atoms with E-state index in [1.165, 1.54) is 83.6 Å². The molecule has 0 aromatic heterocycles. The minimum absolute atomic E-state index is 1.06. The van der Waals surface area contributed by atoms with Crippen LogP contribution in [-0.2, 0) is 0 Å². The Bertz CT molecular complexity index is 268. The van der Waals surface area contributed by atoms with Gasteiger partial charge in [-0.25, -0.2) is 0 Å². The second kappa shape index (κ2) is 14.4. The normalized spacial score (nSPS) is 14.3. The highest BCUT2D eigenvalue weighted by molar-refractivity contribution is 9.09. The van der Waals surface area contributed by atoms with Gasteiger partial charge in [-0.05, 0) is 6.42 Å². The molecular weight excluding hydrogens is 336 g/mol. The third-order valence-electron chi connectivity index (χ3n) is 4.52. The van der Waals surface area contributed by atoms with Gasteiger partial charge in [0.2, 0.25) is 0 Å². The van der Waals surface area contributed by atoms with Crippen LogP contribution in [-0.4, -0.2) is 34.9 Å². The van der Waals surface area contributed by atoms with Crippen LogP contribution in [0.25, 0.3) is 0 Å². The first kappa shape index (κ1) is 19.9. The minimum atomic E-state index is 1.06. The Balaban J connectivity index is 1.76. The molecule has 0 aromatic rings. The first-order valence-electron chi connectivity index (χ1n) is 9.59. The van der Waals surface area contributed by atoms with Crippen molar-refractivity contribution in [1.29, 1.82) is 0 Å². The van der Waals surface area contributed by atoms with Crippen LogP contribution in [0.3, 0.4) is 0 Å². The lowest BCUT2D eigenvalue weighted by Gasteiger charge is -2.20. The van der Waals surface area contributed by atoms with E-state index >= 15 is 0 Å². The van der Waals surface area contributed by atoms with E-state index in [-0.39, 0.29) is 0 Å². The molecule has 1 heterocycles. The zero-order valence-corrected chi connectivity index (χ0v) is 16.3. The lowest BCUT2D eigenvalue weighted by atomic mass is 10.1. The Kier molecular flexibility index (Phi) is 13.0. The van der Waals surface area contributed by atoms with E-state index in [1.54, 1.807) is 0 Å². The van der Waals surface area contributed by atoms with E-state index in [4.69, 9.17) is 0 Å². The van der Waals surface area contributed by atoms with Crippen molar-refractivity contribution < 1.29 is 0 Å². The standard InChI is InChI=1S/C19H37BrN2/c1-2-3-4-5-6-7-8-9-10-11-12-13-15-21-17-18-22(19-21)16-14-20/h17-18H,2-16,19H2,1H3. The quantitative estimate of drug-likeness (QED) is 0.252. The van der Waals surface area contributed by atoms with Crippen LogP contribution in [0.4, 0.5) is 0 Å². The van der Waals surface area contributed by atoms with Crippen molar-refractivity contribution in [3.05, 3.63) is 12.4 Å². The van der Waals surface area contributed by atoms with Crippen molar-refractivity contribution in [2.45, 2.75) is 84.0 Å². The van der Waals surface area contributed by atoms with E-state index in [2.05, 4.69) is 45.1 Å². The number of hydrogen-bond donors (Lipinski definition) is 0. The summed E-state index contributed by atoms with van der Waals surface area (Å²) in [5.41, 5.74) is 0. The van der Waals surface area contributed by atoms with Crippen LogP contribution < -0.4 is 0 Å². The Labute approximate surface area is 147 Å². The first-order chi connectivity index (χ1) is 10.9. The molecule has 130 valence electrons. The fourth-order valence-corrected chi connectivity index (χ4v) is 3.53. The van der Waals surface area contributed by atoms with Crippen molar-refractivity contribution in [1.82, 2.24) is 9.80 Å². The number of alkyl halides is 1. The molecule has 0 N–H and O–H groups in total. The number of halogens is 1. The summed E-state index contributed by atoms with van der Waals surface area (Å²) in [5, 5.41) is 1.06. The lowest BCUT2D eigenvalue weighted by Crippen LogP contribution is -2.27. The average Bonchev–Trinajstić information content (AvgIpc) is 2.96. The van der Waals surface area contributed by atoms with E-state index in [1.807, 2.05) is 0 Å². The maximum Gasteiger partial charge on any atom is 0.0894 e. The van der Waals surface area contributed by atoms with Crippen LogP contribution in [0.15, 0.2) is 12.4 Å². The zero-order chi connectivity index (χ0) is 15.9. The van der Waals surface area contributed by atoms with Gasteiger partial charge in [0.05, 0.1) is 6.67 Å². The maximum absolute atomic E-state index is 3.50. The third-order valence-corrected chi connectivity index (χ3v) is 4.88. The molecule has 22 heavy (non-hydrogen) atoms. The highest BCUT2D eigenvalue weighted by atomic mass is 79.9. The van der Waals surface area contributed by atoms with E-state index in [9.17, 15) is 0 Å². The molecular formula is C19H37BrN2. The summed E-state index contributed by atoms with van der Waals surface area (Å²) in [6.07, 6.45) is 21.7. The summed E-state index contributed by atoms with van der Waals surface area (Å²) in [5.74, 6) is 0. The van der Waals surface area contributed by atoms with Crippen LogP contribution in [0.5, 0.6) is 0 Å². The summed E-state index contributed by atoms with van der Waals surface area (Å²) in [6.45, 7) is 5.72. The Hall–Kier alpha value is -0.180. The van der Waals surface area contributed by atoms with Gasteiger partial charge < -0.3 is 9.80 Å². The lowest BCUT2D eigenvalue weighted by molar-refractivity contribution is 0.270. The molecule has 0 unspecified atom stereocenters. The predicted octanol–water partition coefficient (Wildman–Crippen LogP) is 6.13. The maximum atomic E-state index is 3.50. The summed E-state index contributed by atoms with van der Waals surface area (Å²) in [4.78, 5) is 4.81. The van der Waals surface area contributed by atoms with Gasteiger partial charge in [-0.2, -0.15) is 0 Å². The van der Waals surface area contributed by atoms with E-state index in [0.29, 0.717) is 0 Å². The first-order valence-corrected chi connectivity index (χ1v) is 10.7. The smallest absolute Gasteiger partial charge is 0.0894 e. The monoisotopic (exact) mass is 372 g/mol. The van der Waals surface area contributed by atoms with Gasteiger partial charge in [0, 0.05) is 30.8 Å². The van der Waals surface area contributed by atoms with Crippen LogP contribution in [0.2, 0.25) is 0 Å². The molecule has 0 saturated carbocycles. The molecule has 2 nitrogen and oxygen atoms in total. The zero-order valence-electron chi connectivity index (χ0n) is 14.7. The molecule has 3 heteroatoms. The molecule has 0 amide bonds. The van der Waals surface area contributed by atoms with Crippen molar-refractivity contribution in [3.8, 4) is 0 Å². The molecule has 0 radical (unpaired) electrons. The number of rotatable bonds is 15. The summed E-state index contributed by atoms with van der Waals surface area (Å²) >= 11 is 3.50. The number of hydrogen-bond acceptors (Lipinski definition) is 2. The number of unbranched alkanes of at least 4 members (excludes halogenated alkanes) is 11. The fraction of sp³-hybridized carbons (Fsp3) is 0.895. The van der Waals surface area contributed by atoms with Gasteiger partial charge in [0.1, 0.15) is 0 Å². The molecule has 0 spiro atoms. The minimum Gasteiger partial charge on any atom is -0.359 e. The molecule has 1 rings (SSSR count). The highest BCUT2D eigenvalue weighted by Gasteiger charge is 2.10. The summed E-state index contributed by atoms with van der Waals surface area (Å²) in [6, 6.07) is 0. The SMILES string of the molecule is CCCCCCCCCCCCCCN1C=CN(CCBr)C1. The molecule has 1 aliphatic rings. The van der Waals surface area contributed by atoms with Gasteiger partial charge >= 0.3 is 0 Å². The Morgan fingerprint density at radius 1 is 0.682 bits per heavy atom.